The highest BCUT2D eigenvalue weighted by molar-refractivity contribution is 5.45. The fourth-order valence-electron chi connectivity index (χ4n) is 3.39. The summed E-state index contributed by atoms with van der Waals surface area (Å²) in [5.74, 6) is 3.33. The van der Waals surface area contributed by atoms with Crippen molar-refractivity contribution in [3.63, 3.8) is 0 Å². The van der Waals surface area contributed by atoms with Crippen LogP contribution in [0.1, 0.15) is 38.9 Å². The summed E-state index contributed by atoms with van der Waals surface area (Å²) in [6.45, 7) is 6.69. The number of nitrogens with one attached hydrogen (secondary N) is 1. The maximum Gasteiger partial charge on any atom is 0.138 e. The van der Waals surface area contributed by atoms with E-state index >= 15 is 0 Å². The van der Waals surface area contributed by atoms with Crippen LogP contribution in [-0.4, -0.2) is 20.6 Å². The zero-order valence-corrected chi connectivity index (χ0v) is 13.1. The number of nitrogens with zero attached hydrogens (tertiary/aromatic N) is 3. The van der Waals surface area contributed by atoms with Gasteiger partial charge in [-0.3, -0.25) is 4.57 Å². The van der Waals surface area contributed by atoms with Gasteiger partial charge < -0.3 is 5.32 Å². The number of anilines is 1. The molecule has 2 aromatic rings. The Balaban J connectivity index is 1.74. The second-order valence-electron chi connectivity index (χ2n) is 6.31. The second-order valence-corrected chi connectivity index (χ2v) is 6.31. The number of imidazole rings is 1. The summed E-state index contributed by atoms with van der Waals surface area (Å²) in [4.78, 5) is 8.79. The van der Waals surface area contributed by atoms with Crippen molar-refractivity contribution in [2.75, 3.05) is 5.32 Å². The van der Waals surface area contributed by atoms with Gasteiger partial charge >= 0.3 is 0 Å². The molecular weight excluding hydrogens is 260 g/mol. The molecule has 1 saturated carbocycles. The molecule has 4 heteroatoms. The molecule has 4 nitrogen and oxygen atoms in total. The van der Waals surface area contributed by atoms with Crippen LogP contribution >= 0.6 is 0 Å². The first-order valence-corrected chi connectivity index (χ1v) is 7.88. The fraction of sp³-hybridized carbons (Fsp3) is 0.529. The minimum absolute atomic E-state index is 0.557. The van der Waals surface area contributed by atoms with Crippen LogP contribution in [0.5, 0.6) is 0 Å². The summed E-state index contributed by atoms with van der Waals surface area (Å²) >= 11 is 0. The molecule has 1 fully saturated rings. The lowest BCUT2D eigenvalue weighted by Gasteiger charge is -2.35. The molecule has 0 aromatic carbocycles. The van der Waals surface area contributed by atoms with Crippen LogP contribution in [0.25, 0.3) is 5.82 Å². The quantitative estimate of drug-likeness (QED) is 0.932. The predicted octanol–water partition coefficient (Wildman–Crippen LogP) is 3.81. The molecule has 0 bridgehead atoms. The Bertz CT molecular complexity index is 577. The highest BCUT2D eigenvalue weighted by Gasteiger charge is 2.27. The normalized spacial score (nSPS) is 25.8. The molecular formula is C17H24N4. The summed E-state index contributed by atoms with van der Waals surface area (Å²) in [7, 11) is 0. The zero-order chi connectivity index (χ0) is 14.8. The highest BCUT2D eigenvalue weighted by atomic mass is 15.1. The van der Waals surface area contributed by atoms with Gasteiger partial charge in [0.2, 0.25) is 0 Å². The standard InChI is InChI=1S/C17H24N4/c1-12-5-4-6-13(2)17(12)20-15-7-8-16(19-11-15)21-10-9-18-14(21)3/h7-13,17,20H,4-6H2,1-3H3. The Kier molecular flexibility index (Phi) is 3.95. The molecule has 21 heavy (non-hydrogen) atoms. The van der Waals surface area contributed by atoms with Gasteiger partial charge in [0, 0.05) is 18.4 Å². The topological polar surface area (TPSA) is 42.7 Å². The molecule has 2 heterocycles. The number of rotatable bonds is 3. The van der Waals surface area contributed by atoms with Gasteiger partial charge in [0.1, 0.15) is 11.6 Å². The number of aryl methyl sites for hydroxylation is 1. The van der Waals surface area contributed by atoms with Gasteiger partial charge in [0.05, 0.1) is 11.9 Å². The zero-order valence-electron chi connectivity index (χ0n) is 13.1. The smallest absolute Gasteiger partial charge is 0.138 e. The van der Waals surface area contributed by atoms with E-state index in [1.165, 1.54) is 19.3 Å². The van der Waals surface area contributed by atoms with Crippen LogP contribution < -0.4 is 5.32 Å². The van der Waals surface area contributed by atoms with Gasteiger partial charge in [-0.2, -0.15) is 0 Å². The molecule has 112 valence electrons. The third kappa shape index (κ3) is 2.94. The summed E-state index contributed by atoms with van der Waals surface area (Å²) in [5, 5.41) is 3.68. The van der Waals surface area contributed by atoms with Crippen LogP contribution in [-0.2, 0) is 0 Å². The van der Waals surface area contributed by atoms with Crippen molar-refractivity contribution in [3.05, 3.63) is 36.5 Å². The van der Waals surface area contributed by atoms with Crippen molar-refractivity contribution in [1.29, 1.82) is 0 Å². The molecule has 0 saturated heterocycles. The lowest BCUT2D eigenvalue weighted by atomic mass is 9.78. The van der Waals surface area contributed by atoms with Crippen molar-refractivity contribution in [2.45, 2.75) is 46.1 Å². The van der Waals surface area contributed by atoms with Gasteiger partial charge in [0.25, 0.3) is 0 Å². The second kappa shape index (κ2) is 5.88. The fourth-order valence-corrected chi connectivity index (χ4v) is 3.39. The molecule has 1 N–H and O–H groups in total. The monoisotopic (exact) mass is 284 g/mol. The van der Waals surface area contributed by atoms with E-state index in [9.17, 15) is 0 Å². The molecule has 2 unspecified atom stereocenters. The number of hydrogen-bond acceptors (Lipinski definition) is 3. The third-order valence-corrected chi connectivity index (χ3v) is 4.70. The first-order valence-electron chi connectivity index (χ1n) is 7.88. The molecule has 0 spiro atoms. The Labute approximate surface area is 126 Å². The van der Waals surface area contributed by atoms with Crippen molar-refractivity contribution in [2.24, 2.45) is 11.8 Å². The van der Waals surface area contributed by atoms with Crippen molar-refractivity contribution in [1.82, 2.24) is 14.5 Å². The number of hydrogen-bond donors (Lipinski definition) is 1. The molecule has 0 aliphatic heterocycles. The van der Waals surface area contributed by atoms with E-state index < -0.39 is 0 Å². The molecule has 2 atom stereocenters. The first kappa shape index (κ1) is 14.1. The molecule has 1 aliphatic rings. The minimum atomic E-state index is 0.557. The Hall–Kier alpha value is -1.84. The Morgan fingerprint density at radius 2 is 1.90 bits per heavy atom. The third-order valence-electron chi connectivity index (χ3n) is 4.70. The summed E-state index contributed by atoms with van der Waals surface area (Å²) in [5.41, 5.74) is 1.11. The molecule has 1 aliphatic carbocycles. The van der Waals surface area contributed by atoms with Crippen LogP contribution in [0.15, 0.2) is 30.7 Å². The van der Waals surface area contributed by atoms with Crippen molar-refractivity contribution < 1.29 is 0 Å². The van der Waals surface area contributed by atoms with E-state index in [0.717, 1.165) is 29.2 Å². The molecule has 3 rings (SSSR count). The Morgan fingerprint density at radius 1 is 1.14 bits per heavy atom. The van der Waals surface area contributed by atoms with Crippen LogP contribution in [0.4, 0.5) is 5.69 Å². The maximum absolute atomic E-state index is 4.56. The molecule has 0 amide bonds. The number of aromatic nitrogens is 3. The lowest BCUT2D eigenvalue weighted by molar-refractivity contribution is 0.268. The molecule has 0 radical (unpaired) electrons. The minimum Gasteiger partial charge on any atom is -0.381 e. The average Bonchev–Trinajstić information content (AvgIpc) is 2.90. The highest BCUT2D eigenvalue weighted by Crippen LogP contribution is 2.31. The van der Waals surface area contributed by atoms with E-state index in [1.54, 1.807) is 6.20 Å². The van der Waals surface area contributed by atoms with E-state index in [1.807, 2.05) is 23.9 Å². The largest absolute Gasteiger partial charge is 0.381 e. The predicted molar refractivity (Wildman–Crippen MR) is 85.7 cm³/mol. The van der Waals surface area contributed by atoms with Crippen LogP contribution in [0.3, 0.4) is 0 Å². The Morgan fingerprint density at radius 3 is 2.48 bits per heavy atom. The van der Waals surface area contributed by atoms with Crippen LogP contribution in [0, 0.1) is 18.8 Å². The van der Waals surface area contributed by atoms with Gasteiger partial charge in [-0.15, -0.1) is 0 Å². The first-order chi connectivity index (χ1) is 10.1. The maximum atomic E-state index is 4.56. The summed E-state index contributed by atoms with van der Waals surface area (Å²) in [6, 6.07) is 4.73. The van der Waals surface area contributed by atoms with E-state index in [-0.39, 0.29) is 0 Å². The SMILES string of the molecule is Cc1nccn1-c1ccc(NC2C(C)CCCC2C)cn1. The number of pyridine rings is 1. The van der Waals surface area contributed by atoms with E-state index in [4.69, 9.17) is 0 Å². The van der Waals surface area contributed by atoms with Crippen molar-refractivity contribution in [3.8, 4) is 5.82 Å². The van der Waals surface area contributed by atoms with Gasteiger partial charge in [-0.05, 0) is 43.7 Å². The van der Waals surface area contributed by atoms with Gasteiger partial charge in [-0.25, -0.2) is 9.97 Å². The average molecular weight is 284 g/mol. The van der Waals surface area contributed by atoms with E-state index in [0.29, 0.717) is 6.04 Å². The molecule has 2 aromatic heterocycles. The van der Waals surface area contributed by atoms with Crippen LogP contribution in [0.2, 0.25) is 0 Å². The van der Waals surface area contributed by atoms with Gasteiger partial charge in [0.15, 0.2) is 0 Å². The van der Waals surface area contributed by atoms with E-state index in [2.05, 4.69) is 41.3 Å². The summed E-state index contributed by atoms with van der Waals surface area (Å²) in [6.07, 6.45) is 9.68. The summed E-state index contributed by atoms with van der Waals surface area (Å²) < 4.78 is 2.00. The lowest BCUT2D eigenvalue weighted by Crippen LogP contribution is -2.37. The van der Waals surface area contributed by atoms with Gasteiger partial charge in [-0.1, -0.05) is 20.3 Å². The van der Waals surface area contributed by atoms with Crippen molar-refractivity contribution >= 4 is 5.69 Å².